The van der Waals surface area contributed by atoms with E-state index in [1.165, 1.54) is 50.9 Å². The van der Waals surface area contributed by atoms with Gasteiger partial charge in [0.05, 0.1) is 0 Å². The summed E-state index contributed by atoms with van der Waals surface area (Å²) < 4.78 is 0. The Balaban J connectivity index is 0.000000550. The van der Waals surface area contributed by atoms with Crippen LogP contribution in [-0.2, 0) is 6.42 Å². The van der Waals surface area contributed by atoms with E-state index in [-0.39, 0.29) is 0 Å². The van der Waals surface area contributed by atoms with Crippen LogP contribution >= 0.6 is 0 Å². The molecule has 1 aromatic carbocycles. The fourth-order valence-corrected chi connectivity index (χ4v) is 2.68. The number of nitrogens with zero attached hydrogens (tertiary/aromatic N) is 1. The third-order valence-corrected chi connectivity index (χ3v) is 3.61. The molecule has 0 aromatic heterocycles. The van der Waals surface area contributed by atoms with Crippen LogP contribution in [0.5, 0.6) is 0 Å². The van der Waals surface area contributed by atoms with Gasteiger partial charge in [-0.15, -0.1) is 6.58 Å². The molecule has 1 aliphatic rings. The van der Waals surface area contributed by atoms with Gasteiger partial charge in [0.15, 0.2) is 0 Å². The second-order valence-corrected chi connectivity index (χ2v) is 5.38. The van der Waals surface area contributed by atoms with Gasteiger partial charge in [0, 0.05) is 0 Å². The van der Waals surface area contributed by atoms with Crippen molar-refractivity contribution in [3.63, 3.8) is 0 Å². The average molecular weight is 259 g/mol. The lowest BCUT2D eigenvalue weighted by atomic mass is 9.90. The predicted octanol–water partition coefficient (Wildman–Crippen LogP) is 4.54. The molecular formula is C18H29N. The van der Waals surface area contributed by atoms with E-state index in [1.807, 2.05) is 6.92 Å². The lowest BCUT2D eigenvalue weighted by Gasteiger charge is -2.31. The molecule has 0 saturated carbocycles. The van der Waals surface area contributed by atoms with Crippen molar-refractivity contribution in [2.24, 2.45) is 5.92 Å². The number of rotatable bonds is 4. The highest BCUT2D eigenvalue weighted by atomic mass is 15.1. The summed E-state index contributed by atoms with van der Waals surface area (Å²) in [7, 11) is 0. The van der Waals surface area contributed by atoms with Crippen LogP contribution in [0.25, 0.3) is 0 Å². The van der Waals surface area contributed by atoms with E-state index in [0.29, 0.717) is 0 Å². The first kappa shape index (κ1) is 16.0. The van der Waals surface area contributed by atoms with Gasteiger partial charge in [-0.3, -0.25) is 0 Å². The van der Waals surface area contributed by atoms with Crippen molar-refractivity contribution in [3.8, 4) is 0 Å². The average Bonchev–Trinajstić information content (AvgIpc) is 2.43. The summed E-state index contributed by atoms with van der Waals surface area (Å²) in [5, 5.41) is 0. The molecule has 0 N–H and O–H groups in total. The summed E-state index contributed by atoms with van der Waals surface area (Å²) in [6.45, 7) is 11.4. The van der Waals surface area contributed by atoms with Crippen LogP contribution in [0.2, 0.25) is 0 Å². The van der Waals surface area contributed by atoms with Crippen molar-refractivity contribution >= 4 is 0 Å². The number of likely N-dealkylation sites (tertiary alicyclic amines) is 1. The number of hydrogen-bond acceptors (Lipinski definition) is 1. The molecule has 0 aliphatic carbocycles. The molecule has 0 spiro atoms. The van der Waals surface area contributed by atoms with Gasteiger partial charge in [0.1, 0.15) is 0 Å². The molecule has 106 valence electrons. The van der Waals surface area contributed by atoms with Gasteiger partial charge >= 0.3 is 0 Å². The van der Waals surface area contributed by atoms with Crippen molar-refractivity contribution < 1.29 is 0 Å². The molecule has 1 saturated heterocycles. The zero-order valence-electron chi connectivity index (χ0n) is 12.6. The minimum atomic E-state index is 0.913. The summed E-state index contributed by atoms with van der Waals surface area (Å²) in [5.41, 5.74) is 1.51. The van der Waals surface area contributed by atoms with Gasteiger partial charge in [-0.2, -0.15) is 0 Å². The number of hydrogen-bond donors (Lipinski definition) is 0. The van der Waals surface area contributed by atoms with E-state index in [1.54, 1.807) is 6.08 Å². The fraction of sp³-hybridized carbons (Fsp3) is 0.556. The highest BCUT2D eigenvalue weighted by Gasteiger charge is 2.18. The summed E-state index contributed by atoms with van der Waals surface area (Å²) in [5.74, 6) is 0.913. The highest BCUT2D eigenvalue weighted by molar-refractivity contribution is 5.15. The van der Waals surface area contributed by atoms with E-state index >= 15 is 0 Å². The van der Waals surface area contributed by atoms with E-state index in [2.05, 4.69) is 48.7 Å². The summed E-state index contributed by atoms with van der Waals surface area (Å²) >= 11 is 0. The number of benzene rings is 1. The summed E-state index contributed by atoms with van der Waals surface area (Å²) in [4.78, 5) is 2.61. The molecule has 0 radical (unpaired) electrons. The predicted molar refractivity (Wildman–Crippen MR) is 85.5 cm³/mol. The van der Waals surface area contributed by atoms with Crippen LogP contribution in [0.3, 0.4) is 0 Å². The zero-order chi connectivity index (χ0) is 13.9. The minimum Gasteiger partial charge on any atom is -0.303 e. The van der Waals surface area contributed by atoms with Crippen molar-refractivity contribution in [1.82, 2.24) is 4.90 Å². The molecule has 1 heterocycles. The second-order valence-electron chi connectivity index (χ2n) is 5.38. The molecule has 0 unspecified atom stereocenters. The fourth-order valence-electron chi connectivity index (χ4n) is 2.68. The SMILES string of the molecule is C=CC.CCCN1CCC(Cc2ccccc2)CC1. The van der Waals surface area contributed by atoms with Gasteiger partial charge in [0.25, 0.3) is 0 Å². The van der Waals surface area contributed by atoms with Gasteiger partial charge in [0.2, 0.25) is 0 Å². The minimum absolute atomic E-state index is 0.913. The molecule has 0 bridgehead atoms. The molecule has 1 aromatic rings. The van der Waals surface area contributed by atoms with Crippen LogP contribution in [0.4, 0.5) is 0 Å². The molecule has 1 fully saturated rings. The lowest BCUT2D eigenvalue weighted by Crippen LogP contribution is -2.34. The molecule has 1 aliphatic heterocycles. The quantitative estimate of drug-likeness (QED) is 0.717. The van der Waals surface area contributed by atoms with Crippen molar-refractivity contribution in [3.05, 3.63) is 48.6 Å². The first-order valence-electron chi connectivity index (χ1n) is 7.63. The lowest BCUT2D eigenvalue weighted by molar-refractivity contribution is 0.184. The molecule has 0 amide bonds. The maximum atomic E-state index is 3.36. The number of piperidine rings is 1. The van der Waals surface area contributed by atoms with Crippen LogP contribution in [0.1, 0.15) is 38.7 Å². The number of allylic oxidation sites excluding steroid dienone is 1. The third-order valence-electron chi connectivity index (χ3n) is 3.61. The molecule has 1 nitrogen and oxygen atoms in total. The van der Waals surface area contributed by atoms with Crippen LogP contribution < -0.4 is 0 Å². The van der Waals surface area contributed by atoms with E-state index in [0.717, 1.165) is 5.92 Å². The Bertz CT molecular complexity index is 323. The third kappa shape index (κ3) is 6.58. The van der Waals surface area contributed by atoms with E-state index < -0.39 is 0 Å². The molecule has 2 rings (SSSR count). The first-order chi connectivity index (χ1) is 9.30. The van der Waals surface area contributed by atoms with Gasteiger partial charge in [-0.05, 0) is 63.7 Å². The Morgan fingerprint density at radius 1 is 1.21 bits per heavy atom. The highest BCUT2D eigenvalue weighted by Crippen LogP contribution is 2.21. The van der Waals surface area contributed by atoms with Gasteiger partial charge in [-0.1, -0.05) is 43.3 Å². The molecule has 1 heteroatoms. The first-order valence-corrected chi connectivity index (χ1v) is 7.63. The van der Waals surface area contributed by atoms with Crippen LogP contribution in [-0.4, -0.2) is 24.5 Å². The molecule has 0 atom stereocenters. The van der Waals surface area contributed by atoms with Crippen molar-refractivity contribution in [2.75, 3.05) is 19.6 Å². The van der Waals surface area contributed by atoms with E-state index in [4.69, 9.17) is 0 Å². The van der Waals surface area contributed by atoms with Crippen LogP contribution in [0.15, 0.2) is 43.0 Å². The second kappa shape index (κ2) is 9.80. The normalized spacial score (nSPS) is 16.5. The maximum absolute atomic E-state index is 3.36. The Morgan fingerprint density at radius 2 is 1.79 bits per heavy atom. The Kier molecular flexibility index (Phi) is 8.24. The Morgan fingerprint density at radius 3 is 2.32 bits per heavy atom. The Labute approximate surface area is 119 Å². The smallest absolute Gasteiger partial charge is 0.00160 e. The molecular weight excluding hydrogens is 230 g/mol. The maximum Gasteiger partial charge on any atom is -0.00160 e. The van der Waals surface area contributed by atoms with Crippen molar-refractivity contribution in [2.45, 2.75) is 39.5 Å². The van der Waals surface area contributed by atoms with E-state index in [9.17, 15) is 0 Å². The van der Waals surface area contributed by atoms with Gasteiger partial charge in [-0.25, -0.2) is 0 Å². The van der Waals surface area contributed by atoms with Crippen LogP contribution in [0, 0.1) is 5.92 Å². The summed E-state index contributed by atoms with van der Waals surface area (Å²) in [6, 6.07) is 10.9. The Hall–Kier alpha value is -1.08. The van der Waals surface area contributed by atoms with Crippen molar-refractivity contribution in [1.29, 1.82) is 0 Å². The summed E-state index contributed by atoms with van der Waals surface area (Å²) in [6.07, 6.45) is 7.09. The monoisotopic (exact) mass is 259 g/mol. The zero-order valence-corrected chi connectivity index (χ0v) is 12.6. The largest absolute Gasteiger partial charge is 0.303 e. The topological polar surface area (TPSA) is 3.24 Å². The van der Waals surface area contributed by atoms with Gasteiger partial charge < -0.3 is 4.90 Å². The standard InChI is InChI=1S/C15H23N.C3H6/c1-2-10-16-11-8-15(9-12-16)13-14-6-4-3-5-7-14;1-3-2/h3-7,15H,2,8-13H2,1H3;3H,1H2,2H3. The molecule has 19 heavy (non-hydrogen) atoms.